The molecule has 0 bridgehead atoms. The zero-order valence-electron chi connectivity index (χ0n) is 6.92. The molecular weight excluding hydrogens is 136 g/mol. The van der Waals surface area contributed by atoms with Crippen molar-refractivity contribution in [3.05, 3.63) is 36.3 Å². The normalized spacial score (nSPS) is 11.0. The predicted octanol–water partition coefficient (Wildman–Crippen LogP) is 3.18. The summed E-state index contributed by atoms with van der Waals surface area (Å²) in [6.07, 6.45) is 9.33. The summed E-state index contributed by atoms with van der Waals surface area (Å²) in [5.74, 6) is 1.07. The van der Waals surface area contributed by atoms with Crippen LogP contribution in [0.25, 0.3) is 0 Å². The molecule has 0 saturated carbocycles. The van der Waals surface area contributed by atoms with Gasteiger partial charge in [-0.15, -0.1) is 0 Å². The number of rotatable bonds is 4. The van der Waals surface area contributed by atoms with Crippen molar-refractivity contribution in [1.29, 1.82) is 0 Å². The van der Waals surface area contributed by atoms with E-state index in [1.165, 1.54) is 0 Å². The average Bonchev–Trinajstić information content (AvgIpc) is 2.50. The van der Waals surface area contributed by atoms with E-state index in [0.29, 0.717) is 0 Å². The van der Waals surface area contributed by atoms with Crippen molar-refractivity contribution in [1.82, 2.24) is 0 Å². The van der Waals surface area contributed by atoms with Crippen molar-refractivity contribution in [3.63, 3.8) is 0 Å². The summed E-state index contributed by atoms with van der Waals surface area (Å²) in [5, 5.41) is 0. The average molecular weight is 150 g/mol. The third-order valence-corrected chi connectivity index (χ3v) is 1.54. The lowest BCUT2D eigenvalue weighted by Crippen LogP contribution is -1.76. The van der Waals surface area contributed by atoms with Crippen LogP contribution >= 0.6 is 0 Å². The molecule has 1 rings (SSSR count). The van der Waals surface area contributed by atoms with Crippen LogP contribution in [0.3, 0.4) is 0 Å². The molecule has 0 unspecified atom stereocenters. The lowest BCUT2D eigenvalue weighted by Gasteiger charge is -1.89. The van der Waals surface area contributed by atoms with Gasteiger partial charge in [0.25, 0.3) is 0 Å². The van der Waals surface area contributed by atoms with Crippen LogP contribution < -0.4 is 0 Å². The van der Waals surface area contributed by atoms with Crippen LogP contribution in [0.2, 0.25) is 0 Å². The summed E-state index contributed by atoms with van der Waals surface area (Å²) >= 11 is 0. The largest absolute Gasteiger partial charge is 0.469 e. The first-order valence-corrected chi connectivity index (χ1v) is 4.11. The molecule has 1 aromatic heterocycles. The van der Waals surface area contributed by atoms with Crippen molar-refractivity contribution in [2.75, 3.05) is 0 Å². The lowest BCUT2D eigenvalue weighted by atomic mass is 10.2. The van der Waals surface area contributed by atoms with Gasteiger partial charge in [0.15, 0.2) is 0 Å². The zero-order valence-corrected chi connectivity index (χ0v) is 6.92. The molecule has 1 heteroatoms. The maximum absolute atomic E-state index is 5.18. The summed E-state index contributed by atoms with van der Waals surface area (Å²) in [6, 6.07) is 3.94. The van der Waals surface area contributed by atoms with E-state index in [1.807, 2.05) is 12.1 Å². The minimum absolute atomic E-state index is 1.02. The molecule has 0 spiro atoms. The number of aryl methyl sites for hydroxylation is 1. The zero-order chi connectivity index (χ0) is 7.94. The second-order valence-electron chi connectivity index (χ2n) is 2.50. The van der Waals surface area contributed by atoms with E-state index < -0.39 is 0 Å². The van der Waals surface area contributed by atoms with Gasteiger partial charge in [0.2, 0.25) is 0 Å². The number of furan rings is 1. The van der Waals surface area contributed by atoms with Gasteiger partial charge < -0.3 is 4.42 Å². The Balaban J connectivity index is 2.19. The van der Waals surface area contributed by atoms with Gasteiger partial charge in [-0.25, -0.2) is 0 Å². The fraction of sp³-hybridized carbons (Fsp3) is 0.400. The molecule has 0 atom stereocenters. The number of hydrogen-bond acceptors (Lipinski definition) is 1. The standard InChI is InChI=1S/C10H14O/c1-2-3-4-5-7-10-8-6-9-11-10/h3-4,6,8-9H,2,5,7H2,1H3. The Bertz CT molecular complexity index is 197. The van der Waals surface area contributed by atoms with Crippen molar-refractivity contribution >= 4 is 0 Å². The van der Waals surface area contributed by atoms with E-state index in [4.69, 9.17) is 4.42 Å². The fourth-order valence-electron chi connectivity index (χ4n) is 0.965. The maximum Gasteiger partial charge on any atom is 0.104 e. The van der Waals surface area contributed by atoms with Crippen molar-refractivity contribution < 1.29 is 4.42 Å². The molecule has 0 saturated heterocycles. The first kappa shape index (κ1) is 8.12. The molecule has 0 N–H and O–H groups in total. The van der Waals surface area contributed by atoms with Gasteiger partial charge >= 0.3 is 0 Å². The second-order valence-corrected chi connectivity index (χ2v) is 2.50. The van der Waals surface area contributed by atoms with Gasteiger partial charge in [-0.2, -0.15) is 0 Å². The minimum atomic E-state index is 1.02. The summed E-state index contributed by atoms with van der Waals surface area (Å²) < 4.78 is 5.18. The quantitative estimate of drug-likeness (QED) is 0.601. The Hall–Kier alpha value is -0.980. The Labute approximate surface area is 67.7 Å². The minimum Gasteiger partial charge on any atom is -0.469 e. The third-order valence-electron chi connectivity index (χ3n) is 1.54. The highest BCUT2D eigenvalue weighted by Crippen LogP contribution is 2.03. The Kier molecular flexibility index (Phi) is 3.53. The molecule has 1 heterocycles. The van der Waals surface area contributed by atoms with E-state index in [1.54, 1.807) is 6.26 Å². The highest BCUT2D eigenvalue weighted by atomic mass is 16.3. The SMILES string of the molecule is CCC=CCCc1ccco1. The molecule has 60 valence electrons. The van der Waals surface area contributed by atoms with E-state index >= 15 is 0 Å². The Morgan fingerprint density at radius 2 is 2.36 bits per heavy atom. The smallest absolute Gasteiger partial charge is 0.104 e. The first-order chi connectivity index (χ1) is 5.43. The number of allylic oxidation sites excluding steroid dienone is 2. The van der Waals surface area contributed by atoms with Crippen LogP contribution in [0.5, 0.6) is 0 Å². The van der Waals surface area contributed by atoms with E-state index in [-0.39, 0.29) is 0 Å². The van der Waals surface area contributed by atoms with E-state index in [2.05, 4.69) is 19.1 Å². The summed E-state index contributed by atoms with van der Waals surface area (Å²) in [4.78, 5) is 0. The highest BCUT2D eigenvalue weighted by Gasteiger charge is 1.90. The van der Waals surface area contributed by atoms with Crippen LogP contribution in [0, 0.1) is 0 Å². The van der Waals surface area contributed by atoms with Crippen molar-refractivity contribution in [2.24, 2.45) is 0 Å². The van der Waals surface area contributed by atoms with Crippen LogP contribution in [-0.2, 0) is 6.42 Å². The molecule has 1 nitrogen and oxygen atoms in total. The molecule has 0 aliphatic carbocycles. The summed E-state index contributed by atoms with van der Waals surface area (Å²) in [5.41, 5.74) is 0. The topological polar surface area (TPSA) is 13.1 Å². The molecule has 0 aliphatic rings. The molecule has 0 aromatic carbocycles. The van der Waals surface area contributed by atoms with Gasteiger partial charge in [0.05, 0.1) is 6.26 Å². The van der Waals surface area contributed by atoms with Gasteiger partial charge in [-0.1, -0.05) is 19.1 Å². The van der Waals surface area contributed by atoms with E-state index in [0.717, 1.165) is 25.0 Å². The molecule has 0 fully saturated rings. The molecule has 0 amide bonds. The van der Waals surface area contributed by atoms with Gasteiger partial charge in [0, 0.05) is 6.42 Å². The molecular formula is C10H14O. The Morgan fingerprint density at radius 3 is 3.00 bits per heavy atom. The molecule has 1 aromatic rings. The van der Waals surface area contributed by atoms with E-state index in [9.17, 15) is 0 Å². The van der Waals surface area contributed by atoms with Crippen LogP contribution in [0.15, 0.2) is 35.0 Å². The van der Waals surface area contributed by atoms with Gasteiger partial charge in [0.1, 0.15) is 5.76 Å². The maximum atomic E-state index is 5.18. The lowest BCUT2D eigenvalue weighted by molar-refractivity contribution is 0.510. The predicted molar refractivity (Wildman–Crippen MR) is 46.5 cm³/mol. The number of hydrogen-bond donors (Lipinski definition) is 0. The van der Waals surface area contributed by atoms with Gasteiger partial charge in [-0.3, -0.25) is 0 Å². The Morgan fingerprint density at radius 1 is 1.45 bits per heavy atom. The highest BCUT2D eigenvalue weighted by molar-refractivity contribution is 4.99. The summed E-state index contributed by atoms with van der Waals surface area (Å²) in [7, 11) is 0. The monoisotopic (exact) mass is 150 g/mol. The summed E-state index contributed by atoms with van der Waals surface area (Å²) in [6.45, 7) is 2.14. The van der Waals surface area contributed by atoms with Crippen LogP contribution in [0.1, 0.15) is 25.5 Å². The van der Waals surface area contributed by atoms with Gasteiger partial charge in [-0.05, 0) is 25.0 Å². The van der Waals surface area contributed by atoms with Crippen LogP contribution in [-0.4, -0.2) is 0 Å². The molecule has 0 radical (unpaired) electrons. The molecule has 11 heavy (non-hydrogen) atoms. The van der Waals surface area contributed by atoms with Crippen LogP contribution in [0.4, 0.5) is 0 Å². The van der Waals surface area contributed by atoms with Crippen molar-refractivity contribution in [2.45, 2.75) is 26.2 Å². The fourth-order valence-corrected chi connectivity index (χ4v) is 0.965. The molecule has 0 aliphatic heterocycles. The van der Waals surface area contributed by atoms with Crippen molar-refractivity contribution in [3.8, 4) is 0 Å². The third kappa shape index (κ3) is 3.08. The second kappa shape index (κ2) is 4.78. The first-order valence-electron chi connectivity index (χ1n) is 4.11.